The van der Waals surface area contributed by atoms with Crippen molar-refractivity contribution in [1.82, 2.24) is 29.2 Å². The molecule has 1 aliphatic heterocycles. The molecule has 1 fully saturated rings. The Balaban J connectivity index is 1.42. The van der Waals surface area contributed by atoms with Crippen molar-refractivity contribution in [1.29, 1.82) is 0 Å². The highest BCUT2D eigenvalue weighted by Gasteiger charge is 2.30. The van der Waals surface area contributed by atoms with E-state index in [0.717, 1.165) is 31.6 Å². The van der Waals surface area contributed by atoms with E-state index in [9.17, 15) is 0 Å². The Kier molecular flexibility index (Phi) is 3.36. The van der Waals surface area contributed by atoms with Crippen LogP contribution in [0.3, 0.4) is 0 Å². The molecule has 0 bridgehead atoms. The highest BCUT2D eigenvalue weighted by molar-refractivity contribution is 5.36. The van der Waals surface area contributed by atoms with Crippen molar-refractivity contribution in [2.24, 2.45) is 0 Å². The number of aromatic nitrogens is 5. The summed E-state index contributed by atoms with van der Waals surface area (Å²) in [4.78, 5) is 19.7. The van der Waals surface area contributed by atoms with Crippen molar-refractivity contribution in [2.45, 2.75) is 51.1 Å². The van der Waals surface area contributed by atoms with Crippen LogP contribution in [-0.2, 0) is 19.4 Å². The summed E-state index contributed by atoms with van der Waals surface area (Å²) >= 11 is 0. The van der Waals surface area contributed by atoms with Crippen LogP contribution in [0.4, 0.5) is 0 Å². The molecule has 1 unspecified atom stereocenters. The number of aryl methyl sites for hydroxylation is 2. The Morgan fingerprint density at radius 3 is 3.08 bits per heavy atom. The van der Waals surface area contributed by atoms with E-state index in [1.165, 1.54) is 48.6 Å². The number of fused-ring (bicyclic) bond motifs is 2. The lowest BCUT2D eigenvalue weighted by Crippen LogP contribution is -2.24. The standard InChI is InChI=1S/C18H22N6/c1-2-5-15-14(4-1)21-18(22-15)16-6-3-8-23(16)12-13-10-20-17-11-19-7-9-24(13)17/h7,9-11,16H,1-6,8,12H2,(H,21,22). The van der Waals surface area contributed by atoms with Crippen molar-refractivity contribution in [3.05, 3.63) is 47.7 Å². The fraction of sp³-hybridized carbons (Fsp3) is 0.500. The van der Waals surface area contributed by atoms with Crippen molar-refractivity contribution < 1.29 is 0 Å². The third kappa shape index (κ3) is 2.33. The Morgan fingerprint density at radius 1 is 1.17 bits per heavy atom. The minimum atomic E-state index is 0.406. The summed E-state index contributed by atoms with van der Waals surface area (Å²) in [5.41, 5.74) is 4.82. The van der Waals surface area contributed by atoms with Crippen LogP contribution in [0.1, 0.15) is 54.6 Å². The van der Waals surface area contributed by atoms with E-state index < -0.39 is 0 Å². The normalized spacial score (nSPS) is 21.4. The van der Waals surface area contributed by atoms with Gasteiger partial charge in [-0.1, -0.05) is 0 Å². The van der Waals surface area contributed by atoms with E-state index in [1.54, 1.807) is 0 Å². The maximum Gasteiger partial charge on any atom is 0.155 e. The number of imidazole rings is 2. The quantitative estimate of drug-likeness (QED) is 0.805. The van der Waals surface area contributed by atoms with Crippen LogP contribution in [-0.4, -0.2) is 35.8 Å². The van der Waals surface area contributed by atoms with Crippen LogP contribution in [0, 0.1) is 0 Å². The highest BCUT2D eigenvalue weighted by Crippen LogP contribution is 2.33. The molecule has 6 nitrogen and oxygen atoms in total. The van der Waals surface area contributed by atoms with Crippen molar-refractivity contribution in [2.75, 3.05) is 6.54 Å². The SMILES string of the molecule is c1cn2c(CN3CCCC3c3nc4c([nH]3)CCCC4)cnc2cn1. The molecule has 5 rings (SSSR count). The molecule has 0 amide bonds. The average Bonchev–Trinajstić information content (AvgIpc) is 3.33. The Morgan fingerprint density at radius 2 is 2.12 bits per heavy atom. The first-order valence-electron chi connectivity index (χ1n) is 8.96. The molecule has 0 spiro atoms. The lowest BCUT2D eigenvalue weighted by molar-refractivity contribution is 0.237. The van der Waals surface area contributed by atoms with Gasteiger partial charge in [0.05, 0.1) is 29.8 Å². The predicted octanol–water partition coefficient (Wildman–Crippen LogP) is 2.67. The molecule has 24 heavy (non-hydrogen) atoms. The van der Waals surface area contributed by atoms with Crippen molar-refractivity contribution in [3.63, 3.8) is 0 Å². The van der Waals surface area contributed by atoms with E-state index in [4.69, 9.17) is 4.98 Å². The first-order valence-corrected chi connectivity index (χ1v) is 8.96. The molecule has 0 radical (unpaired) electrons. The van der Waals surface area contributed by atoms with E-state index >= 15 is 0 Å². The van der Waals surface area contributed by atoms with Gasteiger partial charge in [-0.15, -0.1) is 0 Å². The molecule has 3 aromatic rings. The number of hydrogen-bond donors (Lipinski definition) is 1. The Bertz CT molecular complexity index is 840. The Labute approximate surface area is 141 Å². The van der Waals surface area contributed by atoms with Crippen molar-refractivity contribution in [3.8, 4) is 0 Å². The third-order valence-corrected chi connectivity index (χ3v) is 5.41. The molecule has 124 valence electrons. The zero-order chi connectivity index (χ0) is 15.9. The van der Waals surface area contributed by atoms with Gasteiger partial charge in [0.25, 0.3) is 0 Å². The average molecular weight is 322 g/mol. The summed E-state index contributed by atoms with van der Waals surface area (Å²) in [7, 11) is 0. The lowest BCUT2D eigenvalue weighted by Gasteiger charge is -2.22. The largest absolute Gasteiger partial charge is 0.344 e. The second kappa shape index (κ2) is 5.70. The first kappa shape index (κ1) is 14.2. The number of likely N-dealkylation sites (tertiary alicyclic amines) is 1. The summed E-state index contributed by atoms with van der Waals surface area (Å²) in [5, 5.41) is 0. The highest BCUT2D eigenvalue weighted by atomic mass is 15.2. The number of nitrogens with zero attached hydrogens (tertiary/aromatic N) is 5. The third-order valence-electron chi connectivity index (χ3n) is 5.41. The van der Waals surface area contributed by atoms with Crippen molar-refractivity contribution >= 4 is 5.65 Å². The van der Waals surface area contributed by atoms with Gasteiger partial charge < -0.3 is 4.98 Å². The van der Waals surface area contributed by atoms with E-state index in [-0.39, 0.29) is 0 Å². The lowest BCUT2D eigenvalue weighted by atomic mass is 10.0. The van der Waals surface area contributed by atoms with E-state index in [0.29, 0.717) is 6.04 Å². The van der Waals surface area contributed by atoms with E-state index in [2.05, 4.69) is 24.3 Å². The van der Waals surface area contributed by atoms with Gasteiger partial charge in [0.15, 0.2) is 5.65 Å². The van der Waals surface area contributed by atoms with Gasteiger partial charge in [0.2, 0.25) is 0 Å². The molecule has 2 aliphatic rings. The topological polar surface area (TPSA) is 62.1 Å². The molecule has 0 aromatic carbocycles. The van der Waals surface area contributed by atoms with Gasteiger partial charge in [0.1, 0.15) is 5.82 Å². The van der Waals surface area contributed by atoms with Crippen LogP contribution in [0.5, 0.6) is 0 Å². The summed E-state index contributed by atoms with van der Waals surface area (Å²) < 4.78 is 2.13. The van der Waals surface area contributed by atoms with Crippen LogP contribution in [0.15, 0.2) is 24.8 Å². The molecule has 4 heterocycles. The maximum atomic E-state index is 4.94. The number of aromatic amines is 1. The molecule has 1 N–H and O–H groups in total. The fourth-order valence-electron chi connectivity index (χ4n) is 4.18. The number of rotatable bonds is 3. The number of H-pyrrole nitrogens is 1. The zero-order valence-electron chi connectivity index (χ0n) is 13.8. The number of hydrogen-bond acceptors (Lipinski definition) is 4. The van der Waals surface area contributed by atoms with Crippen LogP contribution < -0.4 is 0 Å². The molecule has 1 saturated heterocycles. The van der Waals surface area contributed by atoms with Crippen LogP contribution in [0.2, 0.25) is 0 Å². The van der Waals surface area contributed by atoms with Gasteiger partial charge in [0, 0.05) is 24.6 Å². The summed E-state index contributed by atoms with van der Waals surface area (Å²) in [6, 6.07) is 0.406. The van der Waals surface area contributed by atoms with Gasteiger partial charge in [-0.05, 0) is 45.1 Å². The molecule has 1 aliphatic carbocycles. The molecule has 6 heteroatoms. The van der Waals surface area contributed by atoms with Crippen LogP contribution in [0.25, 0.3) is 5.65 Å². The molecule has 0 saturated carbocycles. The minimum absolute atomic E-state index is 0.406. The molecule has 1 atom stereocenters. The molecular weight excluding hydrogens is 300 g/mol. The summed E-state index contributed by atoms with van der Waals surface area (Å²) in [6.45, 7) is 2.02. The first-order chi connectivity index (χ1) is 11.9. The Hall–Kier alpha value is -2.21. The monoisotopic (exact) mass is 322 g/mol. The molecular formula is C18H22N6. The van der Waals surface area contributed by atoms with E-state index in [1.807, 2.05) is 24.8 Å². The summed E-state index contributed by atoms with van der Waals surface area (Å²) in [6.07, 6.45) is 14.9. The number of nitrogens with one attached hydrogen (secondary N) is 1. The maximum absolute atomic E-state index is 4.94. The fourth-order valence-corrected chi connectivity index (χ4v) is 4.18. The zero-order valence-corrected chi connectivity index (χ0v) is 13.8. The second-order valence-electron chi connectivity index (χ2n) is 6.94. The van der Waals surface area contributed by atoms with Gasteiger partial charge >= 0.3 is 0 Å². The predicted molar refractivity (Wildman–Crippen MR) is 90.6 cm³/mol. The van der Waals surface area contributed by atoms with Gasteiger partial charge in [-0.3, -0.25) is 14.3 Å². The molecule has 3 aromatic heterocycles. The second-order valence-corrected chi connectivity index (χ2v) is 6.94. The minimum Gasteiger partial charge on any atom is -0.344 e. The summed E-state index contributed by atoms with van der Waals surface area (Å²) in [5.74, 6) is 1.18. The van der Waals surface area contributed by atoms with Gasteiger partial charge in [-0.2, -0.15) is 0 Å². The smallest absolute Gasteiger partial charge is 0.155 e. The van der Waals surface area contributed by atoms with Gasteiger partial charge in [-0.25, -0.2) is 9.97 Å². The van der Waals surface area contributed by atoms with Crippen LogP contribution >= 0.6 is 0 Å².